The van der Waals surface area contributed by atoms with E-state index in [1.807, 2.05) is 13.8 Å². The Labute approximate surface area is 104 Å². The van der Waals surface area contributed by atoms with Gasteiger partial charge in [0.15, 0.2) is 0 Å². The Morgan fingerprint density at radius 2 is 2.06 bits per heavy atom. The van der Waals surface area contributed by atoms with Gasteiger partial charge in [-0.2, -0.15) is 0 Å². The van der Waals surface area contributed by atoms with Crippen LogP contribution in [0.4, 0.5) is 0 Å². The molecule has 2 rings (SSSR count). The van der Waals surface area contributed by atoms with Crippen LogP contribution in [0.15, 0.2) is 0 Å². The summed E-state index contributed by atoms with van der Waals surface area (Å²) >= 11 is 0. The van der Waals surface area contributed by atoms with Gasteiger partial charge in [-0.05, 0) is 13.3 Å². The first-order valence-electron chi connectivity index (χ1n) is 6.81. The molecule has 17 heavy (non-hydrogen) atoms. The Morgan fingerprint density at radius 1 is 1.35 bits per heavy atom. The normalized spacial score (nSPS) is 29.4. The number of Topliss-reactive ketones (excluding diaryl/α,β-unsaturated/α-hetero) is 1. The largest absolute Gasteiger partial charge is 0.379 e. The van der Waals surface area contributed by atoms with Crippen molar-refractivity contribution in [1.82, 2.24) is 9.80 Å². The van der Waals surface area contributed by atoms with Crippen LogP contribution in [0.3, 0.4) is 0 Å². The number of carbonyl (C=O) groups is 1. The molecule has 2 unspecified atom stereocenters. The Bertz CT molecular complexity index is 264. The lowest BCUT2D eigenvalue weighted by atomic mass is 10.1. The molecule has 2 aliphatic rings. The second-order valence-electron chi connectivity index (χ2n) is 5.08. The number of ether oxygens (including phenoxy) is 1. The fourth-order valence-electron chi connectivity index (χ4n) is 2.86. The van der Waals surface area contributed by atoms with E-state index in [1.165, 1.54) is 6.42 Å². The molecular weight excluding hydrogens is 216 g/mol. The fraction of sp³-hybridized carbons (Fsp3) is 0.923. The van der Waals surface area contributed by atoms with Crippen LogP contribution in [0.2, 0.25) is 0 Å². The van der Waals surface area contributed by atoms with Crippen molar-refractivity contribution in [2.75, 3.05) is 39.4 Å². The SMILES string of the molecule is CCC(=O)C(C)N1CCC(N2CCOCC2)C1. The number of hydrogen-bond donors (Lipinski definition) is 0. The molecular formula is C13H24N2O2. The Hall–Kier alpha value is -0.450. The molecule has 0 aliphatic carbocycles. The van der Waals surface area contributed by atoms with E-state index < -0.39 is 0 Å². The lowest BCUT2D eigenvalue weighted by Gasteiger charge is -2.32. The summed E-state index contributed by atoms with van der Waals surface area (Å²) in [5.41, 5.74) is 0. The monoisotopic (exact) mass is 240 g/mol. The molecule has 0 aromatic carbocycles. The van der Waals surface area contributed by atoms with Crippen molar-refractivity contribution in [3.05, 3.63) is 0 Å². The highest BCUT2D eigenvalue weighted by molar-refractivity contribution is 5.83. The van der Waals surface area contributed by atoms with Gasteiger partial charge < -0.3 is 4.74 Å². The summed E-state index contributed by atoms with van der Waals surface area (Å²) in [6.07, 6.45) is 1.85. The second-order valence-corrected chi connectivity index (χ2v) is 5.08. The van der Waals surface area contributed by atoms with Gasteiger partial charge in [-0.15, -0.1) is 0 Å². The molecule has 2 aliphatic heterocycles. The average molecular weight is 240 g/mol. The highest BCUT2D eigenvalue weighted by atomic mass is 16.5. The lowest BCUT2D eigenvalue weighted by molar-refractivity contribution is -0.123. The lowest BCUT2D eigenvalue weighted by Crippen LogP contribution is -2.46. The summed E-state index contributed by atoms with van der Waals surface area (Å²) in [6, 6.07) is 0.733. The maximum Gasteiger partial charge on any atom is 0.149 e. The minimum Gasteiger partial charge on any atom is -0.379 e. The molecule has 2 fully saturated rings. The van der Waals surface area contributed by atoms with Gasteiger partial charge in [0.2, 0.25) is 0 Å². The van der Waals surface area contributed by atoms with E-state index in [0.717, 1.165) is 39.4 Å². The summed E-state index contributed by atoms with van der Waals surface area (Å²) in [5.74, 6) is 0.368. The summed E-state index contributed by atoms with van der Waals surface area (Å²) < 4.78 is 5.38. The standard InChI is InChI=1S/C13H24N2O2/c1-3-13(16)11(2)15-5-4-12(10-15)14-6-8-17-9-7-14/h11-12H,3-10H2,1-2H3. The molecule has 4 heteroatoms. The van der Waals surface area contributed by atoms with E-state index in [0.29, 0.717) is 18.2 Å². The van der Waals surface area contributed by atoms with Crippen molar-refractivity contribution in [1.29, 1.82) is 0 Å². The molecule has 98 valence electrons. The number of nitrogens with zero attached hydrogens (tertiary/aromatic N) is 2. The third kappa shape index (κ3) is 3.06. The van der Waals surface area contributed by atoms with Gasteiger partial charge in [0.25, 0.3) is 0 Å². The van der Waals surface area contributed by atoms with Gasteiger partial charge in [-0.25, -0.2) is 0 Å². The van der Waals surface area contributed by atoms with Crippen molar-refractivity contribution in [3.8, 4) is 0 Å². The molecule has 0 aromatic heterocycles. The molecule has 0 aromatic rings. The first-order valence-corrected chi connectivity index (χ1v) is 6.81. The maximum atomic E-state index is 11.7. The highest BCUT2D eigenvalue weighted by Gasteiger charge is 2.32. The Morgan fingerprint density at radius 3 is 2.71 bits per heavy atom. The molecule has 0 N–H and O–H groups in total. The molecule has 0 amide bonds. The fourth-order valence-corrected chi connectivity index (χ4v) is 2.86. The zero-order valence-electron chi connectivity index (χ0n) is 11.0. The molecule has 2 heterocycles. The topological polar surface area (TPSA) is 32.8 Å². The van der Waals surface area contributed by atoms with Gasteiger partial charge in [0.05, 0.1) is 19.3 Å². The van der Waals surface area contributed by atoms with Gasteiger partial charge in [-0.3, -0.25) is 14.6 Å². The Kier molecular flexibility index (Phi) is 4.54. The van der Waals surface area contributed by atoms with Crippen molar-refractivity contribution in [3.63, 3.8) is 0 Å². The third-order valence-corrected chi connectivity index (χ3v) is 4.12. The molecule has 2 atom stereocenters. The third-order valence-electron chi connectivity index (χ3n) is 4.12. The summed E-state index contributed by atoms with van der Waals surface area (Å²) in [6.45, 7) is 9.94. The van der Waals surface area contributed by atoms with Crippen LogP contribution in [-0.4, -0.2) is 67.1 Å². The molecule has 0 spiro atoms. The van der Waals surface area contributed by atoms with E-state index in [4.69, 9.17) is 4.74 Å². The van der Waals surface area contributed by atoms with Gasteiger partial charge >= 0.3 is 0 Å². The van der Waals surface area contributed by atoms with Gasteiger partial charge in [0, 0.05) is 38.6 Å². The van der Waals surface area contributed by atoms with Gasteiger partial charge in [0.1, 0.15) is 5.78 Å². The first-order chi connectivity index (χ1) is 8.22. The molecule has 0 bridgehead atoms. The average Bonchev–Trinajstić information content (AvgIpc) is 2.87. The number of likely N-dealkylation sites (tertiary alicyclic amines) is 1. The van der Waals surface area contributed by atoms with Crippen LogP contribution < -0.4 is 0 Å². The van der Waals surface area contributed by atoms with Crippen molar-refractivity contribution >= 4 is 5.78 Å². The minimum absolute atomic E-state index is 0.103. The van der Waals surface area contributed by atoms with Crippen LogP contribution in [0.5, 0.6) is 0 Å². The van der Waals surface area contributed by atoms with Crippen LogP contribution in [0.25, 0.3) is 0 Å². The predicted molar refractivity (Wildman–Crippen MR) is 67.1 cm³/mol. The molecule has 0 radical (unpaired) electrons. The number of morpholine rings is 1. The smallest absolute Gasteiger partial charge is 0.149 e. The van der Waals surface area contributed by atoms with E-state index in [-0.39, 0.29) is 6.04 Å². The number of ketones is 1. The summed E-state index contributed by atoms with van der Waals surface area (Å²) in [5, 5.41) is 0. The summed E-state index contributed by atoms with van der Waals surface area (Å²) in [7, 11) is 0. The first kappa shape index (κ1) is 13.0. The number of rotatable bonds is 4. The number of hydrogen-bond acceptors (Lipinski definition) is 4. The van der Waals surface area contributed by atoms with Crippen LogP contribution in [0, 0.1) is 0 Å². The molecule has 0 saturated carbocycles. The van der Waals surface area contributed by atoms with E-state index in [1.54, 1.807) is 0 Å². The second kappa shape index (κ2) is 5.94. The number of carbonyl (C=O) groups excluding carboxylic acids is 1. The van der Waals surface area contributed by atoms with Crippen molar-refractivity contribution in [2.24, 2.45) is 0 Å². The minimum atomic E-state index is 0.103. The zero-order chi connectivity index (χ0) is 12.3. The van der Waals surface area contributed by atoms with Crippen LogP contribution >= 0.6 is 0 Å². The molecule has 4 nitrogen and oxygen atoms in total. The quantitative estimate of drug-likeness (QED) is 0.726. The predicted octanol–water partition coefficient (Wildman–Crippen LogP) is 0.760. The van der Waals surface area contributed by atoms with Crippen LogP contribution in [-0.2, 0) is 9.53 Å². The Balaban J connectivity index is 1.84. The van der Waals surface area contributed by atoms with Crippen molar-refractivity contribution < 1.29 is 9.53 Å². The van der Waals surface area contributed by atoms with E-state index >= 15 is 0 Å². The highest BCUT2D eigenvalue weighted by Crippen LogP contribution is 2.19. The van der Waals surface area contributed by atoms with Crippen LogP contribution in [0.1, 0.15) is 26.7 Å². The zero-order valence-corrected chi connectivity index (χ0v) is 11.0. The van der Waals surface area contributed by atoms with Crippen molar-refractivity contribution in [2.45, 2.75) is 38.8 Å². The van der Waals surface area contributed by atoms with Gasteiger partial charge in [-0.1, -0.05) is 6.92 Å². The molecule has 2 saturated heterocycles. The summed E-state index contributed by atoms with van der Waals surface area (Å²) in [4.78, 5) is 16.6. The maximum absolute atomic E-state index is 11.7. The van der Waals surface area contributed by atoms with E-state index in [2.05, 4.69) is 9.80 Å². The van der Waals surface area contributed by atoms with E-state index in [9.17, 15) is 4.79 Å².